The quantitative estimate of drug-likeness (QED) is 0.176. The fourth-order valence-corrected chi connectivity index (χ4v) is 9.66. The van der Waals surface area contributed by atoms with Crippen LogP contribution in [0.15, 0.2) is 188 Å². The van der Waals surface area contributed by atoms with Crippen molar-refractivity contribution in [3.63, 3.8) is 0 Å². The van der Waals surface area contributed by atoms with Crippen molar-refractivity contribution >= 4 is 43.6 Å². The molecule has 3 heterocycles. The van der Waals surface area contributed by atoms with Crippen molar-refractivity contribution in [1.29, 1.82) is 0 Å². The molecule has 278 valence electrons. The van der Waals surface area contributed by atoms with E-state index in [-0.39, 0.29) is 5.41 Å². The largest absolute Gasteiger partial charge is 0.307 e. The molecule has 0 unspecified atom stereocenters. The van der Waals surface area contributed by atoms with Crippen molar-refractivity contribution in [3.05, 3.63) is 199 Å². The minimum absolute atomic E-state index is 0.141. The van der Waals surface area contributed by atoms with Gasteiger partial charge >= 0.3 is 0 Å². The average molecular weight is 756 g/mol. The van der Waals surface area contributed by atoms with E-state index in [1.54, 1.807) is 0 Å². The van der Waals surface area contributed by atoms with E-state index in [2.05, 4.69) is 187 Å². The first-order valence-corrected chi connectivity index (χ1v) is 20.2. The lowest BCUT2D eigenvalue weighted by Crippen LogP contribution is -2.15. The molecular weight excluding hydrogens is 719 g/mol. The number of para-hydroxylation sites is 2. The number of hydrogen-bond donors (Lipinski definition) is 0. The van der Waals surface area contributed by atoms with Crippen LogP contribution in [0.2, 0.25) is 0 Å². The number of hydrogen-bond acceptors (Lipinski definition) is 3. The Bertz CT molecular complexity index is 3470. The highest BCUT2D eigenvalue weighted by atomic mass is 15.2. The van der Waals surface area contributed by atoms with E-state index in [4.69, 9.17) is 15.0 Å². The third-order valence-electron chi connectivity index (χ3n) is 12.4. The molecule has 0 radical (unpaired) electrons. The van der Waals surface area contributed by atoms with E-state index in [1.807, 2.05) is 24.3 Å². The molecule has 0 saturated carbocycles. The minimum atomic E-state index is -0.141. The highest BCUT2D eigenvalue weighted by molar-refractivity contribution is 6.24. The van der Waals surface area contributed by atoms with Crippen molar-refractivity contribution in [2.45, 2.75) is 19.3 Å². The zero-order valence-corrected chi connectivity index (χ0v) is 32.6. The molecule has 0 bridgehead atoms. The Labute approximate surface area is 341 Å². The Hall–Kier alpha value is -7.63. The Morgan fingerprint density at radius 3 is 1.64 bits per heavy atom. The van der Waals surface area contributed by atoms with Gasteiger partial charge in [-0.2, -0.15) is 9.97 Å². The van der Waals surface area contributed by atoms with E-state index in [9.17, 15) is 0 Å². The first-order valence-electron chi connectivity index (χ1n) is 20.2. The van der Waals surface area contributed by atoms with Gasteiger partial charge in [-0.25, -0.2) is 4.98 Å². The second kappa shape index (κ2) is 12.7. The number of aromatic nitrogens is 5. The second-order valence-electron chi connectivity index (χ2n) is 16.0. The molecule has 0 fully saturated rings. The monoisotopic (exact) mass is 755 g/mol. The van der Waals surface area contributed by atoms with Crippen LogP contribution >= 0.6 is 0 Å². The zero-order chi connectivity index (χ0) is 39.2. The molecule has 11 aromatic rings. The Kier molecular flexibility index (Phi) is 7.20. The van der Waals surface area contributed by atoms with Crippen LogP contribution in [0.5, 0.6) is 0 Å². The predicted molar refractivity (Wildman–Crippen MR) is 242 cm³/mol. The molecule has 5 heteroatoms. The van der Waals surface area contributed by atoms with Gasteiger partial charge in [0.25, 0.3) is 0 Å². The van der Waals surface area contributed by atoms with Crippen molar-refractivity contribution in [3.8, 4) is 56.7 Å². The van der Waals surface area contributed by atoms with Gasteiger partial charge in [-0.15, -0.1) is 0 Å². The smallest absolute Gasteiger partial charge is 0.238 e. The summed E-state index contributed by atoms with van der Waals surface area (Å²) in [5.74, 6) is 1.80. The molecule has 5 nitrogen and oxygen atoms in total. The summed E-state index contributed by atoms with van der Waals surface area (Å²) in [6.45, 7) is 4.70. The maximum Gasteiger partial charge on any atom is 0.238 e. The first kappa shape index (κ1) is 33.5. The normalized spacial score (nSPS) is 13.1. The third-order valence-corrected chi connectivity index (χ3v) is 12.4. The lowest BCUT2D eigenvalue weighted by molar-refractivity contribution is 0.660. The molecule has 0 N–H and O–H groups in total. The van der Waals surface area contributed by atoms with Crippen LogP contribution < -0.4 is 0 Å². The van der Waals surface area contributed by atoms with Crippen molar-refractivity contribution in [2.75, 3.05) is 0 Å². The number of fused-ring (bicyclic) bond motifs is 10. The first-order chi connectivity index (χ1) is 29.0. The third kappa shape index (κ3) is 4.95. The van der Waals surface area contributed by atoms with Crippen molar-refractivity contribution in [2.24, 2.45) is 0 Å². The molecule has 59 heavy (non-hydrogen) atoms. The van der Waals surface area contributed by atoms with Crippen LogP contribution in [0.25, 0.3) is 100 Å². The van der Waals surface area contributed by atoms with Gasteiger partial charge in [0.15, 0.2) is 11.6 Å². The van der Waals surface area contributed by atoms with Gasteiger partial charge in [0.1, 0.15) is 0 Å². The molecule has 1 aliphatic carbocycles. The van der Waals surface area contributed by atoms with Gasteiger partial charge in [-0.1, -0.05) is 178 Å². The maximum atomic E-state index is 5.41. The van der Waals surface area contributed by atoms with E-state index in [1.165, 1.54) is 33.0 Å². The molecule has 8 aromatic carbocycles. The summed E-state index contributed by atoms with van der Waals surface area (Å²) in [6.07, 6.45) is 0. The molecule has 0 spiro atoms. The van der Waals surface area contributed by atoms with Crippen LogP contribution in [0.1, 0.15) is 25.0 Å². The molecule has 3 aromatic heterocycles. The van der Waals surface area contributed by atoms with Gasteiger partial charge < -0.3 is 4.57 Å². The molecule has 0 saturated heterocycles. The Balaban J connectivity index is 1.21. The lowest BCUT2D eigenvalue weighted by Gasteiger charge is -2.22. The maximum absolute atomic E-state index is 5.41. The van der Waals surface area contributed by atoms with Gasteiger partial charge in [0, 0.05) is 43.7 Å². The molecular formula is C54H37N5. The summed E-state index contributed by atoms with van der Waals surface area (Å²) in [7, 11) is 0. The second-order valence-corrected chi connectivity index (χ2v) is 16.0. The topological polar surface area (TPSA) is 48.5 Å². The van der Waals surface area contributed by atoms with E-state index in [0.29, 0.717) is 17.6 Å². The lowest BCUT2D eigenvalue weighted by atomic mass is 9.82. The number of benzene rings is 8. The molecule has 1 aliphatic rings. The molecule has 0 amide bonds. The van der Waals surface area contributed by atoms with E-state index in [0.717, 1.165) is 60.8 Å². The van der Waals surface area contributed by atoms with E-state index >= 15 is 0 Å². The van der Waals surface area contributed by atoms with Crippen LogP contribution in [0.3, 0.4) is 0 Å². The van der Waals surface area contributed by atoms with Crippen molar-refractivity contribution < 1.29 is 0 Å². The summed E-state index contributed by atoms with van der Waals surface area (Å²) in [6, 6.07) is 67.0. The molecule has 0 aliphatic heterocycles. The summed E-state index contributed by atoms with van der Waals surface area (Å²) in [5.41, 5.74) is 14.7. The average Bonchev–Trinajstić information content (AvgIpc) is 3.90. The summed E-state index contributed by atoms with van der Waals surface area (Å²) in [5, 5.41) is 4.65. The minimum Gasteiger partial charge on any atom is -0.307 e. The SMILES string of the molecule is CC1(C)c2ccccc2-c2c(-n3c4ccccc4c4ccc5c6ccccc6n(-c6nc(-c7ccccc7)nc(-c7cccc(-c8ccccc8)c7)n6)c5c43)cccc21. The van der Waals surface area contributed by atoms with Gasteiger partial charge in [-0.3, -0.25) is 4.57 Å². The van der Waals surface area contributed by atoms with Gasteiger partial charge in [0.2, 0.25) is 5.95 Å². The summed E-state index contributed by atoms with van der Waals surface area (Å²) < 4.78 is 4.78. The standard InChI is InChI=1S/C54H37N5/c1-54(2)43-26-12-9-25-42(43)48-44(54)27-16-30-47(48)58-45-28-13-10-23-38(45)40-31-32-41-39-24-11-14-29-46(39)59(50(41)49(40)58)53-56-51(35-19-7-4-8-20-35)55-52(57-53)37-22-15-21-36(33-37)34-17-5-3-6-18-34/h3-33H,1-2H3. The Morgan fingerprint density at radius 1 is 0.390 bits per heavy atom. The van der Waals surface area contributed by atoms with Gasteiger partial charge in [0.05, 0.1) is 27.8 Å². The van der Waals surface area contributed by atoms with Crippen LogP contribution in [0.4, 0.5) is 0 Å². The Morgan fingerprint density at radius 2 is 0.915 bits per heavy atom. The van der Waals surface area contributed by atoms with Crippen molar-refractivity contribution in [1.82, 2.24) is 24.1 Å². The van der Waals surface area contributed by atoms with Crippen LogP contribution in [0, 0.1) is 0 Å². The highest BCUT2D eigenvalue weighted by Crippen LogP contribution is 2.52. The fraction of sp³-hybridized carbons (Fsp3) is 0.0556. The van der Waals surface area contributed by atoms with Gasteiger partial charge in [-0.05, 0) is 52.1 Å². The fourth-order valence-electron chi connectivity index (χ4n) is 9.66. The van der Waals surface area contributed by atoms with Crippen LogP contribution in [-0.2, 0) is 5.41 Å². The number of nitrogens with zero attached hydrogens (tertiary/aromatic N) is 5. The predicted octanol–water partition coefficient (Wildman–Crippen LogP) is 13.4. The van der Waals surface area contributed by atoms with E-state index < -0.39 is 0 Å². The highest BCUT2D eigenvalue weighted by Gasteiger charge is 2.37. The zero-order valence-electron chi connectivity index (χ0n) is 32.6. The van der Waals surface area contributed by atoms with Crippen LogP contribution in [-0.4, -0.2) is 24.1 Å². The summed E-state index contributed by atoms with van der Waals surface area (Å²) >= 11 is 0. The molecule has 12 rings (SSSR count). The number of rotatable bonds is 5. The summed E-state index contributed by atoms with van der Waals surface area (Å²) in [4.78, 5) is 15.9. The molecule has 0 atom stereocenters.